The number of aromatic nitrogens is 6. The van der Waals surface area contributed by atoms with Crippen LogP contribution in [0.15, 0.2) is 55.4 Å². The molecule has 1 aromatic carbocycles. The zero-order valence-corrected chi connectivity index (χ0v) is 16.5. The van der Waals surface area contributed by atoms with Gasteiger partial charge in [-0.1, -0.05) is 10.4 Å². The number of nitrogens with zero attached hydrogens (tertiary/aromatic N) is 8. The van der Waals surface area contributed by atoms with Crippen LogP contribution in [0.4, 0.5) is 15.8 Å². The number of rotatable bonds is 5. The molecule has 2 aromatic heterocycles. The van der Waals surface area contributed by atoms with Crippen LogP contribution < -0.4 is 9.80 Å². The lowest BCUT2D eigenvalue weighted by Crippen LogP contribution is -2.35. The third kappa shape index (κ3) is 3.60. The highest BCUT2D eigenvalue weighted by Crippen LogP contribution is 2.33. The number of ether oxygens (including phenoxy) is 1. The van der Waals surface area contributed by atoms with Gasteiger partial charge in [0.05, 0.1) is 37.2 Å². The SMILES string of the molecule is C=C1OC(Cn2ccnn2)CN1c1ccc(N2CCC(n3ccnn3)CC2)c(F)c1. The van der Waals surface area contributed by atoms with E-state index in [-0.39, 0.29) is 11.9 Å². The molecule has 2 saturated heterocycles. The molecule has 0 spiro atoms. The molecular formula is C20H23FN8O. The fourth-order valence-electron chi connectivity index (χ4n) is 4.19. The molecule has 2 fully saturated rings. The van der Waals surface area contributed by atoms with Crippen LogP contribution in [0.25, 0.3) is 0 Å². The Hall–Kier alpha value is -3.43. The number of hydrogen-bond donors (Lipinski definition) is 0. The molecule has 0 bridgehead atoms. The van der Waals surface area contributed by atoms with Gasteiger partial charge in [-0.2, -0.15) is 0 Å². The van der Waals surface area contributed by atoms with Gasteiger partial charge >= 0.3 is 0 Å². The molecule has 1 atom stereocenters. The maximum Gasteiger partial charge on any atom is 0.186 e. The van der Waals surface area contributed by atoms with Gasteiger partial charge in [0.1, 0.15) is 11.9 Å². The summed E-state index contributed by atoms with van der Waals surface area (Å²) in [5.41, 5.74) is 1.36. The maximum atomic E-state index is 15.0. The summed E-state index contributed by atoms with van der Waals surface area (Å²) in [7, 11) is 0. The highest BCUT2D eigenvalue weighted by atomic mass is 19.1. The fraction of sp³-hybridized carbons (Fsp3) is 0.400. The Morgan fingerprint density at radius 2 is 1.90 bits per heavy atom. The molecule has 0 N–H and O–H groups in total. The van der Waals surface area contributed by atoms with Crippen LogP contribution in [-0.4, -0.2) is 55.7 Å². The van der Waals surface area contributed by atoms with Crippen molar-refractivity contribution < 1.29 is 9.13 Å². The largest absolute Gasteiger partial charge is 0.472 e. The Morgan fingerprint density at radius 3 is 2.60 bits per heavy atom. The van der Waals surface area contributed by atoms with E-state index in [1.807, 2.05) is 27.9 Å². The molecule has 3 aromatic rings. The normalized spacial score (nSPS) is 20.0. The Morgan fingerprint density at radius 1 is 1.10 bits per heavy atom. The van der Waals surface area contributed by atoms with Gasteiger partial charge in [-0.05, 0) is 37.6 Å². The van der Waals surface area contributed by atoms with Gasteiger partial charge in [0.15, 0.2) is 5.88 Å². The van der Waals surface area contributed by atoms with E-state index in [1.165, 1.54) is 0 Å². The molecule has 1 unspecified atom stereocenters. The molecular weight excluding hydrogens is 387 g/mol. The predicted molar refractivity (Wildman–Crippen MR) is 108 cm³/mol. The first-order chi connectivity index (χ1) is 14.7. The van der Waals surface area contributed by atoms with Crippen molar-refractivity contribution in [2.75, 3.05) is 29.4 Å². The van der Waals surface area contributed by atoms with Crippen molar-refractivity contribution >= 4 is 11.4 Å². The van der Waals surface area contributed by atoms with Crippen molar-refractivity contribution in [3.05, 3.63) is 61.3 Å². The molecule has 156 valence electrons. The minimum Gasteiger partial charge on any atom is -0.472 e. The summed E-state index contributed by atoms with van der Waals surface area (Å²) in [4.78, 5) is 3.99. The summed E-state index contributed by atoms with van der Waals surface area (Å²) in [5.74, 6) is 0.278. The Balaban J connectivity index is 1.24. The molecule has 0 aliphatic carbocycles. The van der Waals surface area contributed by atoms with E-state index >= 15 is 0 Å². The van der Waals surface area contributed by atoms with Crippen LogP contribution in [0.3, 0.4) is 0 Å². The fourth-order valence-corrected chi connectivity index (χ4v) is 4.19. The summed E-state index contributed by atoms with van der Waals surface area (Å²) in [5, 5.41) is 15.7. The molecule has 4 heterocycles. The summed E-state index contributed by atoms with van der Waals surface area (Å²) in [6, 6.07) is 5.65. The quantitative estimate of drug-likeness (QED) is 0.638. The highest BCUT2D eigenvalue weighted by Gasteiger charge is 2.29. The van der Waals surface area contributed by atoms with Crippen molar-refractivity contribution in [2.24, 2.45) is 0 Å². The summed E-state index contributed by atoms with van der Waals surface area (Å²) >= 11 is 0. The van der Waals surface area contributed by atoms with Gasteiger partial charge in [-0.15, -0.1) is 10.2 Å². The van der Waals surface area contributed by atoms with Gasteiger partial charge in [0.2, 0.25) is 0 Å². The van der Waals surface area contributed by atoms with Gasteiger partial charge in [-0.25, -0.2) is 13.8 Å². The third-order valence-electron chi connectivity index (χ3n) is 5.72. The molecule has 30 heavy (non-hydrogen) atoms. The van der Waals surface area contributed by atoms with Gasteiger partial charge in [0.25, 0.3) is 0 Å². The second-order valence-electron chi connectivity index (χ2n) is 7.61. The summed E-state index contributed by atoms with van der Waals surface area (Å²) in [6.45, 7) is 6.68. The van der Waals surface area contributed by atoms with E-state index < -0.39 is 0 Å². The monoisotopic (exact) mass is 410 g/mol. The molecule has 2 aliphatic rings. The lowest BCUT2D eigenvalue weighted by atomic mass is 10.0. The first kappa shape index (κ1) is 18.6. The third-order valence-corrected chi connectivity index (χ3v) is 5.72. The molecule has 5 rings (SSSR count). The first-order valence-electron chi connectivity index (χ1n) is 10.0. The average Bonchev–Trinajstić information content (AvgIpc) is 3.51. The predicted octanol–water partition coefficient (Wildman–Crippen LogP) is 2.23. The van der Waals surface area contributed by atoms with E-state index in [4.69, 9.17) is 4.74 Å². The van der Waals surface area contributed by atoms with Gasteiger partial charge in [0, 0.05) is 31.2 Å². The van der Waals surface area contributed by atoms with Gasteiger partial charge in [-0.3, -0.25) is 0 Å². The van der Waals surface area contributed by atoms with Crippen molar-refractivity contribution in [2.45, 2.75) is 31.5 Å². The molecule has 10 heteroatoms. The van der Waals surface area contributed by atoms with E-state index in [9.17, 15) is 4.39 Å². The number of hydrogen-bond acceptors (Lipinski definition) is 7. The lowest BCUT2D eigenvalue weighted by Gasteiger charge is -2.33. The van der Waals surface area contributed by atoms with Crippen LogP contribution in [0.2, 0.25) is 0 Å². The minimum absolute atomic E-state index is 0.113. The van der Waals surface area contributed by atoms with E-state index in [0.29, 0.717) is 30.7 Å². The Labute approximate surface area is 173 Å². The van der Waals surface area contributed by atoms with E-state index in [0.717, 1.165) is 31.6 Å². The van der Waals surface area contributed by atoms with E-state index in [2.05, 4.69) is 32.1 Å². The van der Waals surface area contributed by atoms with Crippen LogP contribution >= 0.6 is 0 Å². The zero-order chi connectivity index (χ0) is 20.5. The molecule has 0 radical (unpaired) electrons. The Kier molecular flexibility index (Phi) is 4.82. The minimum atomic E-state index is -0.237. The highest BCUT2D eigenvalue weighted by molar-refractivity contribution is 5.60. The van der Waals surface area contributed by atoms with E-state index in [1.54, 1.807) is 29.3 Å². The van der Waals surface area contributed by atoms with Crippen molar-refractivity contribution in [3.8, 4) is 0 Å². The van der Waals surface area contributed by atoms with Crippen LogP contribution in [0.1, 0.15) is 18.9 Å². The number of halogens is 1. The maximum absolute atomic E-state index is 15.0. The molecule has 0 saturated carbocycles. The second kappa shape index (κ2) is 7.77. The van der Waals surface area contributed by atoms with Crippen molar-refractivity contribution in [3.63, 3.8) is 0 Å². The number of anilines is 2. The molecule has 9 nitrogen and oxygen atoms in total. The summed E-state index contributed by atoms with van der Waals surface area (Å²) in [6.07, 6.45) is 8.70. The standard InChI is InChI=1S/C20H23FN8O/c1-15-28(14-18(30-15)13-27-10-6-22-24-27)17-2-3-20(19(21)12-17)26-8-4-16(5-9-26)29-11-7-23-25-29/h2-3,6-7,10-12,16,18H,1,4-5,8-9,13-14H2. The zero-order valence-electron chi connectivity index (χ0n) is 16.5. The van der Waals surface area contributed by atoms with Crippen molar-refractivity contribution in [1.29, 1.82) is 0 Å². The lowest BCUT2D eigenvalue weighted by molar-refractivity contribution is 0.147. The average molecular weight is 410 g/mol. The number of benzene rings is 1. The smallest absolute Gasteiger partial charge is 0.186 e. The number of piperidine rings is 1. The second-order valence-corrected chi connectivity index (χ2v) is 7.61. The topological polar surface area (TPSA) is 77.1 Å². The van der Waals surface area contributed by atoms with Crippen LogP contribution in [0, 0.1) is 5.82 Å². The molecule has 0 amide bonds. The van der Waals surface area contributed by atoms with Crippen LogP contribution in [0.5, 0.6) is 0 Å². The Bertz CT molecular complexity index is 998. The van der Waals surface area contributed by atoms with Crippen molar-refractivity contribution in [1.82, 2.24) is 30.0 Å². The molecule has 2 aliphatic heterocycles. The van der Waals surface area contributed by atoms with Gasteiger partial charge < -0.3 is 14.5 Å². The first-order valence-corrected chi connectivity index (χ1v) is 10.0. The summed E-state index contributed by atoms with van der Waals surface area (Å²) < 4.78 is 24.4. The van der Waals surface area contributed by atoms with Crippen LogP contribution in [-0.2, 0) is 11.3 Å².